The van der Waals surface area contributed by atoms with E-state index in [1.54, 1.807) is 14.2 Å². The van der Waals surface area contributed by atoms with Gasteiger partial charge in [0, 0.05) is 0 Å². The third-order valence-corrected chi connectivity index (χ3v) is 3.34. The van der Waals surface area contributed by atoms with E-state index in [0.717, 1.165) is 37.1 Å². The Labute approximate surface area is 113 Å². The number of hydrogen-bond acceptors (Lipinski definition) is 4. The molecule has 19 heavy (non-hydrogen) atoms. The molecule has 4 heteroatoms. The minimum atomic E-state index is 0.655. The van der Waals surface area contributed by atoms with Crippen LogP contribution in [0.3, 0.4) is 0 Å². The first-order valence-corrected chi connectivity index (χ1v) is 6.35. The quantitative estimate of drug-likeness (QED) is 0.846. The normalized spacial score (nSPS) is 14.7. The average Bonchev–Trinajstić information content (AvgIpc) is 2.49. The number of hydrogen-bond donors (Lipinski definition) is 1. The number of piperidine rings is 1. The van der Waals surface area contributed by atoms with Gasteiger partial charge >= 0.3 is 0 Å². The maximum absolute atomic E-state index is 9.42. The van der Waals surface area contributed by atoms with Crippen molar-refractivity contribution in [3.8, 4) is 17.6 Å². The van der Waals surface area contributed by atoms with Crippen molar-refractivity contribution in [2.45, 2.75) is 12.8 Å². The van der Waals surface area contributed by atoms with Crippen LogP contribution in [0.5, 0.6) is 11.5 Å². The highest BCUT2D eigenvalue weighted by molar-refractivity contribution is 5.80. The number of benzene rings is 1. The van der Waals surface area contributed by atoms with Gasteiger partial charge in [-0.1, -0.05) is 0 Å². The molecule has 0 aromatic heterocycles. The van der Waals surface area contributed by atoms with Gasteiger partial charge in [0.2, 0.25) is 0 Å². The summed E-state index contributed by atoms with van der Waals surface area (Å²) in [4.78, 5) is 0. The second-order valence-electron chi connectivity index (χ2n) is 4.41. The SMILES string of the molecule is COc1ccc(C(C#N)=C2CCNCC2)cc1OC. The Kier molecular flexibility index (Phi) is 4.43. The molecule has 2 rings (SSSR count). The van der Waals surface area contributed by atoms with Gasteiger partial charge in [0.25, 0.3) is 0 Å². The molecule has 0 radical (unpaired) electrons. The van der Waals surface area contributed by atoms with Crippen molar-refractivity contribution in [3.63, 3.8) is 0 Å². The second-order valence-corrected chi connectivity index (χ2v) is 4.41. The molecule has 1 aliphatic rings. The minimum absolute atomic E-state index is 0.655. The summed E-state index contributed by atoms with van der Waals surface area (Å²) in [5.74, 6) is 1.33. The van der Waals surface area contributed by atoms with Crippen molar-refractivity contribution in [1.29, 1.82) is 5.26 Å². The molecule has 1 aromatic rings. The summed E-state index contributed by atoms with van der Waals surface area (Å²) < 4.78 is 10.5. The van der Waals surface area contributed by atoms with Gasteiger partial charge in [0.1, 0.15) is 0 Å². The Bertz CT molecular complexity index is 521. The van der Waals surface area contributed by atoms with Crippen LogP contribution < -0.4 is 14.8 Å². The highest BCUT2D eigenvalue weighted by atomic mass is 16.5. The fourth-order valence-electron chi connectivity index (χ4n) is 2.32. The summed E-state index contributed by atoms with van der Waals surface area (Å²) in [7, 11) is 3.21. The van der Waals surface area contributed by atoms with E-state index in [-0.39, 0.29) is 0 Å². The zero-order valence-electron chi connectivity index (χ0n) is 11.3. The molecule has 1 saturated heterocycles. The van der Waals surface area contributed by atoms with E-state index < -0.39 is 0 Å². The summed E-state index contributed by atoms with van der Waals surface area (Å²) in [5, 5.41) is 12.7. The van der Waals surface area contributed by atoms with Gasteiger partial charge in [0.15, 0.2) is 11.5 Å². The predicted octanol–water partition coefficient (Wildman–Crippen LogP) is 2.36. The fourth-order valence-corrected chi connectivity index (χ4v) is 2.32. The van der Waals surface area contributed by atoms with Gasteiger partial charge in [-0.2, -0.15) is 5.26 Å². The largest absolute Gasteiger partial charge is 0.493 e. The van der Waals surface area contributed by atoms with Crippen molar-refractivity contribution >= 4 is 5.57 Å². The van der Waals surface area contributed by atoms with Crippen LogP contribution in [0.1, 0.15) is 18.4 Å². The summed E-state index contributed by atoms with van der Waals surface area (Å²) in [6.45, 7) is 1.88. The van der Waals surface area contributed by atoms with E-state index in [4.69, 9.17) is 9.47 Å². The standard InChI is InChI=1S/C15H18N2O2/c1-18-14-4-3-12(9-15(14)19-2)13(10-16)11-5-7-17-8-6-11/h3-4,9,17H,5-8H2,1-2H3. The Hall–Kier alpha value is -1.99. The lowest BCUT2D eigenvalue weighted by molar-refractivity contribution is 0.355. The van der Waals surface area contributed by atoms with Crippen LogP contribution >= 0.6 is 0 Å². The van der Waals surface area contributed by atoms with E-state index in [1.165, 1.54) is 5.57 Å². The Balaban J connectivity index is 2.41. The summed E-state index contributed by atoms with van der Waals surface area (Å²) in [6.07, 6.45) is 1.86. The molecule has 4 nitrogen and oxygen atoms in total. The third kappa shape index (κ3) is 2.88. The first-order chi connectivity index (χ1) is 9.30. The number of allylic oxidation sites excluding steroid dienone is 1. The molecule has 0 unspecified atom stereocenters. The number of nitriles is 1. The average molecular weight is 258 g/mol. The van der Waals surface area contributed by atoms with Crippen LogP contribution in [0, 0.1) is 11.3 Å². The van der Waals surface area contributed by atoms with Gasteiger partial charge in [-0.3, -0.25) is 0 Å². The van der Waals surface area contributed by atoms with Crippen LogP contribution in [-0.2, 0) is 0 Å². The van der Waals surface area contributed by atoms with E-state index in [9.17, 15) is 5.26 Å². The number of nitrogens with one attached hydrogen (secondary N) is 1. The van der Waals surface area contributed by atoms with E-state index >= 15 is 0 Å². The number of ether oxygens (including phenoxy) is 2. The summed E-state index contributed by atoms with van der Waals surface area (Å²) in [6, 6.07) is 7.95. The van der Waals surface area contributed by atoms with Gasteiger partial charge in [-0.25, -0.2) is 0 Å². The fraction of sp³-hybridized carbons (Fsp3) is 0.400. The molecular weight excluding hydrogens is 240 g/mol. The van der Waals surface area contributed by atoms with Crippen LogP contribution in [0.4, 0.5) is 0 Å². The molecule has 1 aliphatic heterocycles. The summed E-state index contributed by atoms with van der Waals surface area (Å²) >= 11 is 0. The molecule has 0 atom stereocenters. The van der Waals surface area contributed by atoms with Crippen molar-refractivity contribution in [1.82, 2.24) is 5.32 Å². The van der Waals surface area contributed by atoms with E-state index in [1.807, 2.05) is 18.2 Å². The molecule has 0 amide bonds. The van der Waals surface area contributed by atoms with Gasteiger partial charge < -0.3 is 14.8 Å². The number of nitrogens with zero attached hydrogens (tertiary/aromatic N) is 1. The van der Waals surface area contributed by atoms with Gasteiger partial charge in [-0.05, 0) is 55.3 Å². The van der Waals surface area contributed by atoms with Gasteiger partial charge in [0.05, 0.1) is 25.9 Å². The Morgan fingerprint density at radius 3 is 2.42 bits per heavy atom. The number of methoxy groups -OCH3 is 2. The van der Waals surface area contributed by atoms with Crippen LogP contribution in [0.2, 0.25) is 0 Å². The van der Waals surface area contributed by atoms with Crippen molar-refractivity contribution in [2.24, 2.45) is 0 Å². The van der Waals surface area contributed by atoms with Crippen LogP contribution in [0.15, 0.2) is 23.8 Å². The highest BCUT2D eigenvalue weighted by Crippen LogP contribution is 2.32. The van der Waals surface area contributed by atoms with Crippen molar-refractivity contribution < 1.29 is 9.47 Å². The Morgan fingerprint density at radius 1 is 1.16 bits per heavy atom. The molecule has 100 valence electrons. The smallest absolute Gasteiger partial charge is 0.161 e. The molecular formula is C15H18N2O2. The topological polar surface area (TPSA) is 54.3 Å². The molecule has 0 saturated carbocycles. The maximum atomic E-state index is 9.42. The second kappa shape index (κ2) is 6.26. The zero-order chi connectivity index (χ0) is 13.7. The Morgan fingerprint density at radius 2 is 1.84 bits per heavy atom. The monoisotopic (exact) mass is 258 g/mol. The predicted molar refractivity (Wildman–Crippen MR) is 74.2 cm³/mol. The zero-order valence-corrected chi connectivity index (χ0v) is 11.3. The minimum Gasteiger partial charge on any atom is -0.493 e. The van der Waals surface area contributed by atoms with Crippen LogP contribution in [0.25, 0.3) is 5.57 Å². The maximum Gasteiger partial charge on any atom is 0.161 e. The van der Waals surface area contributed by atoms with Crippen LogP contribution in [-0.4, -0.2) is 27.3 Å². The van der Waals surface area contributed by atoms with Crippen molar-refractivity contribution in [3.05, 3.63) is 29.3 Å². The number of rotatable bonds is 3. The lowest BCUT2D eigenvalue weighted by Gasteiger charge is -2.18. The molecule has 1 fully saturated rings. The molecule has 0 spiro atoms. The van der Waals surface area contributed by atoms with Gasteiger partial charge in [-0.15, -0.1) is 0 Å². The summed E-state index contributed by atoms with van der Waals surface area (Å²) in [5.41, 5.74) is 2.88. The molecule has 1 heterocycles. The van der Waals surface area contributed by atoms with E-state index in [2.05, 4.69) is 11.4 Å². The van der Waals surface area contributed by atoms with E-state index in [0.29, 0.717) is 11.5 Å². The van der Waals surface area contributed by atoms with Crippen molar-refractivity contribution in [2.75, 3.05) is 27.3 Å². The molecule has 1 aromatic carbocycles. The first-order valence-electron chi connectivity index (χ1n) is 6.35. The first kappa shape index (κ1) is 13.4. The molecule has 0 bridgehead atoms. The lowest BCUT2D eigenvalue weighted by Crippen LogP contribution is -2.23. The lowest BCUT2D eigenvalue weighted by atomic mass is 9.94. The highest BCUT2D eigenvalue weighted by Gasteiger charge is 2.14. The molecule has 0 aliphatic carbocycles. The molecule has 1 N–H and O–H groups in total. The third-order valence-electron chi connectivity index (χ3n) is 3.34.